The third kappa shape index (κ3) is 5.09. The Bertz CT molecular complexity index is 1270. The second-order valence-corrected chi connectivity index (χ2v) is 8.45. The summed E-state index contributed by atoms with van der Waals surface area (Å²) < 4.78 is 13.0. The van der Waals surface area contributed by atoms with Crippen molar-refractivity contribution in [2.75, 3.05) is 5.32 Å². The molecule has 0 saturated heterocycles. The molecule has 0 fully saturated rings. The van der Waals surface area contributed by atoms with E-state index >= 15 is 0 Å². The maximum Gasteiger partial charge on any atom is 0.279 e. The Kier molecular flexibility index (Phi) is 6.51. The smallest absolute Gasteiger partial charge is 0.279 e. The van der Waals surface area contributed by atoms with Gasteiger partial charge in [0, 0.05) is 6.20 Å². The number of nitrogens with one attached hydrogen (secondary N) is 1. The van der Waals surface area contributed by atoms with E-state index < -0.39 is 5.91 Å². The van der Waals surface area contributed by atoms with Gasteiger partial charge in [-0.3, -0.25) is 9.48 Å². The molecule has 4 aromatic rings. The van der Waals surface area contributed by atoms with Crippen LogP contribution < -0.4 is 10.1 Å². The van der Waals surface area contributed by atoms with Gasteiger partial charge in [0.1, 0.15) is 23.1 Å². The van der Waals surface area contributed by atoms with Gasteiger partial charge in [0.15, 0.2) is 11.5 Å². The molecule has 0 aliphatic carbocycles. The number of anilines is 1. The molecule has 2 heterocycles. The lowest BCUT2D eigenvalue weighted by Crippen LogP contribution is -2.16. The first-order chi connectivity index (χ1) is 15.8. The van der Waals surface area contributed by atoms with Gasteiger partial charge >= 0.3 is 0 Å². The first kappa shape index (κ1) is 22.6. The molecule has 0 aliphatic rings. The van der Waals surface area contributed by atoms with Crippen molar-refractivity contribution >= 4 is 23.3 Å². The number of rotatable bonds is 7. The van der Waals surface area contributed by atoms with Gasteiger partial charge in [0.2, 0.25) is 0 Å². The number of benzene rings is 2. The van der Waals surface area contributed by atoms with Crippen LogP contribution in [0.3, 0.4) is 0 Å². The molecular formula is C25H25ClN4O3. The minimum atomic E-state index is -0.463. The van der Waals surface area contributed by atoms with Crippen LogP contribution in [0.25, 0.3) is 0 Å². The average Bonchev–Trinajstić information content (AvgIpc) is 3.31. The van der Waals surface area contributed by atoms with Crippen molar-refractivity contribution in [3.05, 3.63) is 93.0 Å². The molecule has 1 N–H and O–H groups in total. The highest BCUT2D eigenvalue weighted by Gasteiger charge is 2.23. The van der Waals surface area contributed by atoms with Gasteiger partial charge in [-0.2, -0.15) is 5.10 Å². The third-order valence-electron chi connectivity index (χ3n) is 5.38. The summed E-state index contributed by atoms with van der Waals surface area (Å²) in [5.74, 6) is 1.09. The molecule has 0 radical (unpaired) electrons. The molecule has 2 aromatic heterocycles. The molecule has 0 unspecified atom stereocenters. The first-order valence-corrected chi connectivity index (χ1v) is 10.9. The van der Waals surface area contributed by atoms with Crippen molar-refractivity contribution in [3.8, 4) is 5.75 Å². The van der Waals surface area contributed by atoms with E-state index in [0.29, 0.717) is 22.9 Å². The van der Waals surface area contributed by atoms with Crippen LogP contribution in [0.1, 0.15) is 44.1 Å². The zero-order valence-corrected chi connectivity index (χ0v) is 19.7. The van der Waals surface area contributed by atoms with Gasteiger partial charge in [0.25, 0.3) is 5.91 Å². The predicted molar refractivity (Wildman–Crippen MR) is 127 cm³/mol. The molecule has 0 aliphatic heterocycles. The zero-order valence-electron chi connectivity index (χ0n) is 19.0. The minimum Gasteiger partial charge on any atom is -0.488 e. The summed E-state index contributed by atoms with van der Waals surface area (Å²) in [6.45, 7) is 8.43. The number of aryl methyl sites for hydroxylation is 4. The molecule has 0 spiro atoms. The lowest BCUT2D eigenvalue weighted by molar-refractivity contribution is 0.101. The molecule has 4 rings (SSSR count). The third-order valence-corrected chi connectivity index (χ3v) is 5.66. The highest BCUT2D eigenvalue weighted by molar-refractivity contribution is 6.33. The Morgan fingerprint density at radius 3 is 2.48 bits per heavy atom. The Balaban J connectivity index is 1.48. The molecule has 8 heteroatoms. The number of aromatic nitrogens is 3. The van der Waals surface area contributed by atoms with Crippen LogP contribution in [0.15, 0.2) is 53.2 Å². The predicted octanol–water partition coefficient (Wildman–Crippen LogP) is 5.64. The molecule has 2 aromatic carbocycles. The van der Waals surface area contributed by atoms with E-state index in [9.17, 15) is 4.79 Å². The van der Waals surface area contributed by atoms with Crippen molar-refractivity contribution < 1.29 is 14.1 Å². The highest BCUT2D eigenvalue weighted by atomic mass is 35.5. The summed E-state index contributed by atoms with van der Waals surface area (Å²) in [4.78, 5) is 13.0. The van der Waals surface area contributed by atoms with Crippen LogP contribution in [-0.2, 0) is 13.2 Å². The van der Waals surface area contributed by atoms with Crippen LogP contribution in [0.4, 0.5) is 5.82 Å². The summed E-state index contributed by atoms with van der Waals surface area (Å²) in [6.07, 6.45) is 1.68. The van der Waals surface area contributed by atoms with E-state index in [1.54, 1.807) is 17.8 Å². The fraction of sp³-hybridized carbons (Fsp3) is 0.240. The summed E-state index contributed by atoms with van der Waals surface area (Å²) in [6, 6.07) is 14.1. The topological polar surface area (TPSA) is 82.2 Å². The SMILES string of the molecule is Cc1ccc(Cn2cc(Cl)c(NC(=O)c3noc(C)c3COc3c(C)cccc3C)n2)cc1. The molecule has 0 bridgehead atoms. The van der Waals surface area contributed by atoms with Crippen LogP contribution in [0.5, 0.6) is 5.75 Å². The molecule has 33 heavy (non-hydrogen) atoms. The maximum absolute atomic E-state index is 13.0. The van der Waals surface area contributed by atoms with Crippen LogP contribution in [0, 0.1) is 27.7 Å². The number of hydrogen-bond donors (Lipinski definition) is 1. The van der Waals surface area contributed by atoms with Gasteiger partial charge in [-0.05, 0) is 44.4 Å². The lowest BCUT2D eigenvalue weighted by atomic mass is 10.1. The minimum absolute atomic E-state index is 0.142. The quantitative estimate of drug-likeness (QED) is 0.383. The number of ether oxygens (including phenoxy) is 1. The number of hydrogen-bond acceptors (Lipinski definition) is 5. The summed E-state index contributed by atoms with van der Waals surface area (Å²) in [7, 11) is 0. The van der Waals surface area contributed by atoms with Gasteiger partial charge in [-0.15, -0.1) is 0 Å². The summed E-state index contributed by atoms with van der Waals surface area (Å²) in [5.41, 5.74) is 5.01. The van der Waals surface area contributed by atoms with Crippen molar-refractivity contribution in [3.63, 3.8) is 0 Å². The number of carbonyl (C=O) groups excluding carboxylic acids is 1. The second-order valence-electron chi connectivity index (χ2n) is 8.04. The summed E-state index contributed by atoms with van der Waals surface area (Å²) >= 11 is 6.32. The number of carbonyl (C=O) groups is 1. The van der Waals surface area contributed by atoms with Crippen LogP contribution in [0.2, 0.25) is 5.02 Å². The van der Waals surface area contributed by atoms with E-state index in [1.807, 2.05) is 63.2 Å². The molecule has 0 atom stereocenters. The second kappa shape index (κ2) is 9.50. The van der Waals surface area contributed by atoms with Crippen molar-refractivity contribution in [2.45, 2.75) is 40.8 Å². The van der Waals surface area contributed by atoms with Gasteiger partial charge < -0.3 is 14.6 Å². The van der Waals surface area contributed by atoms with E-state index in [2.05, 4.69) is 15.6 Å². The number of para-hydroxylation sites is 1. The fourth-order valence-electron chi connectivity index (χ4n) is 3.52. The number of halogens is 1. The highest BCUT2D eigenvalue weighted by Crippen LogP contribution is 2.26. The van der Waals surface area contributed by atoms with E-state index in [-0.39, 0.29) is 18.1 Å². The van der Waals surface area contributed by atoms with Crippen LogP contribution in [-0.4, -0.2) is 20.8 Å². The van der Waals surface area contributed by atoms with Gasteiger partial charge in [0.05, 0.1) is 12.1 Å². The number of nitrogens with zero attached hydrogens (tertiary/aromatic N) is 3. The fourth-order valence-corrected chi connectivity index (χ4v) is 3.72. The molecular weight excluding hydrogens is 440 g/mol. The molecule has 1 amide bonds. The lowest BCUT2D eigenvalue weighted by Gasteiger charge is -2.12. The van der Waals surface area contributed by atoms with Crippen molar-refractivity contribution in [1.29, 1.82) is 0 Å². The largest absolute Gasteiger partial charge is 0.488 e. The Morgan fingerprint density at radius 1 is 1.09 bits per heavy atom. The Morgan fingerprint density at radius 2 is 1.79 bits per heavy atom. The molecule has 7 nitrogen and oxygen atoms in total. The van der Waals surface area contributed by atoms with Crippen molar-refractivity contribution in [2.24, 2.45) is 0 Å². The first-order valence-electron chi connectivity index (χ1n) is 10.6. The van der Waals surface area contributed by atoms with Crippen LogP contribution >= 0.6 is 11.6 Å². The summed E-state index contributed by atoms with van der Waals surface area (Å²) in [5, 5.41) is 11.4. The average molecular weight is 465 g/mol. The monoisotopic (exact) mass is 464 g/mol. The molecule has 0 saturated carbocycles. The van der Waals surface area contributed by atoms with Gasteiger partial charge in [-0.1, -0.05) is 64.8 Å². The van der Waals surface area contributed by atoms with E-state index in [1.165, 1.54) is 5.56 Å². The van der Waals surface area contributed by atoms with E-state index in [0.717, 1.165) is 22.4 Å². The Labute approximate surface area is 197 Å². The van der Waals surface area contributed by atoms with Gasteiger partial charge in [-0.25, -0.2) is 0 Å². The normalized spacial score (nSPS) is 10.9. The maximum atomic E-state index is 13.0. The molecule has 170 valence electrons. The Hall–Kier alpha value is -3.58. The standard InChI is InChI=1S/C25H25ClN4O3/c1-15-8-10-19(11-9-15)12-30-13-21(26)24(28-30)27-25(31)22-20(18(4)33-29-22)14-32-23-16(2)6-5-7-17(23)3/h5-11,13H,12,14H2,1-4H3,(H,27,28,31). The van der Waals surface area contributed by atoms with E-state index in [4.69, 9.17) is 20.9 Å². The van der Waals surface area contributed by atoms with Crippen molar-refractivity contribution in [1.82, 2.24) is 14.9 Å². The zero-order chi connectivity index (χ0) is 23.5. The number of amides is 1.